The van der Waals surface area contributed by atoms with Gasteiger partial charge < -0.3 is 25.7 Å². The molecule has 494 valence electrons. The lowest BCUT2D eigenvalue weighted by Crippen LogP contribution is -2.53. The minimum Gasteiger partial charge on any atom is -0.394 e. The maximum absolute atomic E-state index is 12.7. The standard InChI is InChI=1S/C77H151NO5/c1-3-5-7-9-11-13-15-17-19-21-23-25-27-29-31-33-34-35-36-37-38-39-40-41-43-45-47-49-51-53-55-57-59-61-63-65-67-69-71-75(81)77(83)78-73(72-79)76(82)74(80)70-68-66-64-62-60-58-56-54-52-50-48-46-44-42-32-30-28-26-24-22-20-18-16-14-12-10-8-6-4-2/h37-38,62,64,73-76,79-82H,3-36,39-61,63,65-72H2,1-2H3,(H,78,83)/b38-37-,64-62+. The number of aliphatic hydroxyl groups excluding tert-OH is 4. The van der Waals surface area contributed by atoms with Crippen molar-refractivity contribution in [1.82, 2.24) is 5.32 Å². The van der Waals surface area contributed by atoms with Crippen molar-refractivity contribution in [2.24, 2.45) is 0 Å². The Kier molecular flexibility index (Phi) is 70.5. The first-order chi connectivity index (χ1) is 41.0. The van der Waals surface area contributed by atoms with Crippen LogP contribution in [0.3, 0.4) is 0 Å². The zero-order chi connectivity index (χ0) is 60.1. The van der Waals surface area contributed by atoms with Crippen LogP contribution in [-0.2, 0) is 4.79 Å². The highest BCUT2D eigenvalue weighted by atomic mass is 16.3. The van der Waals surface area contributed by atoms with Crippen LogP contribution in [0.15, 0.2) is 24.3 Å². The van der Waals surface area contributed by atoms with Crippen LogP contribution in [0.2, 0.25) is 0 Å². The van der Waals surface area contributed by atoms with Gasteiger partial charge in [0.2, 0.25) is 5.91 Å². The predicted octanol–water partition coefficient (Wildman–Crippen LogP) is 24.1. The van der Waals surface area contributed by atoms with E-state index >= 15 is 0 Å². The normalized spacial score (nSPS) is 13.5. The van der Waals surface area contributed by atoms with Gasteiger partial charge in [-0.15, -0.1) is 0 Å². The Morgan fingerprint density at radius 3 is 0.723 bits per heavy atom. The van der Waals surface area contributed by atoms with Crippen LogP contribution in [-0.4, -0.2) is 57.3 Å². The quantitative estimate of drug-likeness (QED) is 0.0308. The fraction of sp³-hybridized carbons (Fsp3) is 0.935. The predicted molar refractivity (Wildman–Crippen MR) is 367 cm³/mol. The van der Waals surface area contributed by atoms with E-state index in [-0.39, 0.29) is 0 Å². The van der Waals surface area contributed by atoms with Crippen molar-refractivity contribution in [1.29, 1.82) is 0 Å². The summed E-state index contributed by atoms with van der Waals surface area (Å²) < 4.78 is 0. The lowest BCUT2D eigenvalue weighted by molar-refractivity contribution is -0.132. The Hall–Kier alpha value is -1.21. The molecule has 0 aliphatic rings. The molecule has 4 unspecified atom stereocenters. The third-order valence-corrected chi connectivity index (χ3v) is 18.4. The van der Waals surface area contributed by atoms with Crippen LogP contribution in [0.5, 0.6) is 0 Å². The molecule has 0 aromatic rings. The number of carbonyl (C=O) groups excluding carboxylic acids is 1. The second-order valence-corrected chi connectivity index (χ2v) is 26.7. The molecule has 6 nitrogen and oxygen atoms in total. The van der Waals surface area contributed by atoms with Crippen LogP contribution in [0.1, 0.15) is 431 Å². The molecule has 0 aliphatic heterocycles. The van der Waals surface area contributed by atoms with Crippen LogP contribution >= 0.6 is 0 Å². The first-order valence-electron chi connectivity index (χ1n) is 38.2. The SMILES string of the molecule is CCCCCCCCCCCCCCCCCCCC/C=C\CCCCCCCCCCCCCCCCCCC(O)C(=O)NC(CO)C(O)C(O)CCC/C=C/CCCCCCCCCCCCCCCCCCCCCCCCCC. The average molecular weight is 1170 g/mol. The van der Waals surface area contributed by atoms with E-state index in [0.29, 0.717) is 12.8 Å². The van der Waals surface area contributed by atoms with Crippen LogP contribution < -0.4 is 5.32 Å². The number of unbranched alkanes of at least 4 members (excludes halogenated alkanes) is 59. The molecule has 0 fully saturated rings. The minimum atomic E-state index is -1.28. The number of nitrogens with one attached hydrogen (secondary N) is 1. The number of hydrogen-bond donors (Lipinski definition) is 5. The van der Waals surface area contributed by atoms with E-state index in [1.165, 1.54) is 366 Å². The Morgan fingerprint density at radius 2 is 0.494 bits per heavy atom. The van der Waals surface area contributed by atoms with Gasteiger partial charge in [-0.3, -0.25) is 4.79 Å². The molecule has 0 bridgehead atoms. The van der Waals surface area contributed by atoms with E-state index in [9.17, 15) is 25.2 Å². The summed E-state index contributed by atoms with van der Waals surface area (Å²) in [5.74, 6) is -0.585. The van der Waals surface area contributed by atoms with Crippen molar-refractivity contribution in [3.63, 3.8) is 0 Å². The summed E-state index contributed by atoms with van der Waals surface area (Å²) in [6, 6.07) is -1.00. The molecule has 0 saturated heterocycles. The topological polar surface area (TPSA) is 110 Å². The van der Waals surface area contributed by atoms with Crippen molar-refractivity contribution in [2.75, 3.05) is 6.61 Å². The summed E-state index contributed by atoms with van der Waals surface area (Å²) >= 11 is 0. The monoisotopic (exact) mass is 1170 g/mol. The van der Waals surface area contributed by atoms with Gasteiger partial charge in [-0.25, -0.2) is 0 Å². The van der Waals surface area contributed by atoms with Crippen LogP contribution in [0.25, 0.3) is 0 Å². The van der Waals surface area contributed by atoms with Gasteiger partial charge in [0.25, 0.3) is 0 Å². The summed E-state index contributed by atoms with van der Waals surface area (Å²) in [4.78, 5) is 12.7. The number of amides is 1. The molecule has 0 radical (unpaired) electrons. The van der Waals surface area contributed by atoms with Gasteiger partial charge >= 0.3 is 0 Å². The lowest BCUT2D eigenvalue weighted by Gasteiger charge is -2.27. The molecule has 0 aliphatic carbocycles. The third kappa shape index (κ3) is 65.1. The number of aliphatic hydroxyl groups is 4. The molecule has 4 atom stereocenters. The van der Waals surface area contributed by atoms with E-state index in [4.69, 9.17) is 0 Å². The molecule has 0 heterocycles. The number of rotatable bonds is 72. The number of hydrogen-bond acceptors (Lipinski definition) is 5. The maximum atomic E-state index is 12.7. The molecule has 83 heavy (non-hydrogen) atoms. The van der Waals surface area contributed by atoms with E-state index in [2.05, 4.69) is 43.5 Å². The summed E-state index contributed by atoms with van der Waals surface area (Å²) in [7, 11) is 0. The summed E-state index contributed by atoms with van der Waals surface area (Å²) in [5, 5.41) is 44.3. The van der Waals surface area contributed by atoms with E-state index in [1.54, 1.807) is 0 Å². The van der Waals surface area contributed by atoms with Crippen LogP contribution in [0, 0.1) is 0 Å². The number of allylic oxidation sites excluding steroid dienone is 4. The first kappa shape index (κ1) is 81.8. The largest absolute Gasteiger partial charge is 0.394 e. The van der Waals surface area contributed by atoms with Crippen molar-refractivity contribution in [2.45, 2.75) is 456 Å². The summed E-state index contributed by atoms with van der Waals surface area (Å²) in [5.41, 5.74) is 0. The third-order valence-electron chi connectivity index (χ3n) is 18.4. The van der Waals surface area contributed by atoms with Gasteiger partial charge in [0, 0.05) is 0 Å². The Balaban J connectivity index is 3.52. The van der Waals surface area contributed by atoms with Gasteiger partial charge in [0.05, 0.1) is 18.8 Å². The molecule has 0 aromatic carbocycles. The Labute approximate surface area is 520 Å². The average Bonchev–Trinajstić information content (AvgIpc) is 3.54. The highest BCUT2D eigenvalue weighted by Crippen LogP contribution is 2.20. The molecular weight excluding hydrogens is 1020 g/mol. The Bertz CT molecular complexity index is 1270. The second-order valence-electron chi connectivity index (χ2n) is 26.7. The Morgan fingerprint density at radius 1 is 0.289 bits per heavy atom. The molecule has 0 saturated carbocycles. The molecule has 0 spiro atoms. The smallest absolute Gasteiger partial charge is 0.249 e. The number of carbonyl (C=O) groups is 1. The highest BCUT2D eigenvalue weighted by molar-refractivity contribution is 5.80. The fourth-order valence-corrected chi connectivity index (χ4v) is 12.5. The van der Waals surface area contributed by atoms with Crippen molar-refractivity contribution in [3.8, 4) is 0 Å². The second kappa shape index (κ2) is 71.5. The molecule has 5 N–H and O–H groups in total. The van der Waals surface area contributed by atoms with Gasteiger partial charge in [-0.05, 0) is 64.2 Å². The van der Waals surface area contributed by atoms with Gasteiger partial charge in [0.15, 0.2) is 0 Å². The molecule has 6 heteroatoms. The van der Waals surface area contributed by atoms with Gasteiger partial charge in [-0.2, -0.15) is 0 Å². The molecular formula is C77H151NO5. The molecule has 1 amide bonds. The van der Waals surface area contributed by atoms with E-state index < -0.39 is 36.9 Å². The summed E-state index contributed by atoms with van der Waals surface area (Å²) in [6.07, 6.45) is 92.0. The highest BCUT2D eigenvalue weighted by Gasteiger charge is 2.28. The van der Waals surface area contributed by atoms with Gasteiger partial charge in [-0.1, -0.05) is 391 Å². The first-order valence-corrected chi connectivity index (χ1v) is 38.2. The molecule has 0 rings (SSSR count). The van der Waals surface area contributed by atoms with E-state index in [1.807, 2.05) is 0 Å². The van der Waals surface area contributed by atoms with Crippen molar-refractivity contribution < 1.29 is 25.2 Å². The lowest BCUT2D eigenvalue weighted by atomic mass is 10.00. The van der Waals surface area contributed by atoms with E-state index in [0.717, 1.165) is 38.5 Å². The van der Waals surface area contributed by atoms with Crippen molar-refractivity contribution >= 4 is 5.91 Å². The summed E-state index contributed by atoms with van der Waals surface area (Å²) in [6.45, 7) is 4.11. The fourth-order valence-electron chi connectivity index (χ4n) is 12.5. The van der Waals surface area contributed by atoms with Crippen molar-refractivity contribution in [3.05, 3.63) is 24.3 Å². The zero-order valence-electron chi connectivity index (χ0n) is 56.5. The van der Waals surface area contributed by atoms with Crippen LogP contribution in [0.4, 0.5) is 0 Å². The minimum absolute atomic E-state index is 0.367. The molecule has 0 aromatic heterocycles. The van der Waals surface area contributed by atoms with Gasteiger partial charge in [0.1, 0.15) is 12.2 Å². The zero-order valence-corrected chi connectivity index (χ0v) is 56.5. The maximum Gasteiger partial charge on any atom is 0.249 e.